The van der Waals surface area contributed by atoms with E-state index in [2.05, 4.69) is 20.1 Å². The summed E-state index contributed by atoms with van der Waals surface area (Å²) in [6, 6.07) is 7.55. The molecule has 3 heterocycles. The SMILES string of the molecule is COC(=O)[C@H](C)N[PH](O)(OC[C@H]1O[C@@H](n2ccc(NC(=O)[C@@H]3CCCN3C)nc2=O)C(F)(F)[C@@H]1O)Oc1ccccc1. The van der Waals surface area contributed by atoms with Gasteiger partial charge in [-0.15, -0.1) is 0 Å². The number of carbonyl (C=O) groups is 2. The molecule has 0 radical (unpaired) electrons. The summed E-state index contributed by atoms with van der Waals surface area (Å²) in [6.45, 7) is 1.30. The zero-order valence-corrected chi connectivity index (χ0v) is 24.1. The summed E-state index contributed by atoms with van der Waals surface area (Å²) < 4.78 is 51.8. The Morgan fingerprint density at radius 1 is 1.29 bits per heavy atom. The molecule has 2 saturated heterocycles. The number of aromatic nitrogens is 2. The first-order valence-corrected chi connectivity index (χ1v) is 14.9. The van der Waals surface area contributed by atoms with Crippen molar-refractivity contribution in [1.29, 1.82) is 0 Å². The van der Waals surface area contributed by atoms with Crippen molar-refractivity contribution in [2.24, 2.45) is 0 Å². The Hall–Kier alpha value is -3.11. The quantitative estimate of drug-likeness (QED) is 0.207. The summed E-state index contributed by atoms with van der Waals surface area (Å²) in [6.07, 6.45) is -4.03. The third-order valence-corrected chi connectivity index (χ3v) is 8.80. The van der Waals surface area contributed by atoms with Crippen molar-refractivity contribution in [3.05, 3.63) is 53.1 Å². The fraction of sp³-hybridized carbons (Fsp3) is 0.520. The van der Waals surface area contributed by atoms with E-state index in [4.69, 9.17) is 13.8 Å². The second-order valence-electron chi connectivity index (χ2n) is 9.97. The summed E-state index contributed by atoms with van der Waals surface area (Å²) >= 11 is 0. The van der Waals surface area contributed by atoms with Crippen LogP contribution in [-0.4, -0.2) is 93.9 Å². The summed E-state index contributed by atoms with van der Waals surface area (Å²) in [5.41, 5.74) is -1.15. The van der Waals surface area contributed by atoms with E-state index < -0.39 is 62.8 Å². The third kappa shape index (κ3) is 7.09. The average Bonchev–Trinajstić information content (AvgIpc) is 3.47. The predicted octanol–water partition coefficient (Wildman–Crippen LogP) is 0.818. The number of likely N-dealkylation sites (tertiary alicyclic amines) is 1. The van der Waals surface area contributed by atoms with Gasteiger partial charge in [0, 0.05) is 0 Å². The fourth-order valence-corrected chi connectivity index (χ4v) is 6.38. The Labute approximate surface area is 240 Å². The molecule has 5 atom stereocenters. The van der Waals surface area contributed by atoms with Gasteiger partial charge in [0.25, 0.3) is 0 Å². The van der Waals surface area contributed by atoms with E-state index in [1.165, 1.54) is 25.1 Å². The van der Waals surface area contributed by atoms with Gasteiger partial charge < -0.3 is 0 Å². The number of aliphatic hydroxyl groups excluding tert-OH is 1. The predicted molar refractivity (Wildman–Crippen MR) is 146 cm³/mol. The van der Waals surface area contributed by atoms with Crippen molar-refractivity contribution < 1.29 is 46.9 Å². The number of amides is 1. The molecule has 1 amide bonds. The molecule has 0 unspecified atom stereocenters. The second-order valence-corrected chi connectivity index (χ2v) is 11.9. The standard InChI is InChI=1S/C25H34F2N5O9P/c1-15(22(35)38-3)30-42(37,41-16-8-5-4-6-9-16)39-14-18-20(33)25(26,27)23(40-18)32-13-11-19(29-24(32)36)28-21(34)17-10-7-12-31(17)2/h4-6,8-9,11,13,15,17-18,20,23,30,33,37,42H,7,10,12,14H2,1-3H3,(H,28,29,34,36)/t15-,17-,18+,20+,23+/m0/s1. The zero-order valence-electron chi connectivity index (χ0n) is 23.1. The number of anilines is 1. The van der Waals surface area contributed by atoms with Crippen molar-refractivity contribution in [3.63, 3.8) is 0 Å². The first kappa shape index (κ1) is 31.8. The number of alkyl halides is 2. The van der Waals surface area contributed by atoms with Crippen LogP contribution in [-0.2, 0) is 23.6 Å². The number of hydrogen-bond donors (Lipinski definition) is 4. The summed E-state index contributed by atoms with van der Waals surface area (Å²) in [7, 11) is -1.61. The molecular weight excluding hydrogens is 583 g/mol. The van der Waals surface area contributed by atoms with Crippen LogP contribution in [0.3, 0.4) is 0 Å². The molecule has 0 bridgehead atoms. The van der Waals surface area contributed by atoms with Gasteiger partial charge in [0.1, 0.15) is 0 Å². The Bertz CT molecular complexity index is 1320. The van der Waals surface area contributed by atoms with Gasteiger partial charge in [0.15, 0.2) is 0 Å². The fourth-order valence-electron chi connectivity index (χ4n) is 4.67. The van der Waals surface area contributed by atoms with Gasteiger partial charge in [-0.3, -0.25) is 4.90 Å². The molecule has 1 aromatic carbocycles. The van der Waals surface area contributed by atoms with E-state index >= 15 is 8.78 Å². The van der Waals surface area contributed by atoms with Crippen molar-refractivity contribution in [3.8, 4) is 5.75 Å². The molecule has 17 heteroatoms. The first-order chi connectivity index (χ1) is 19.8. The number of halogens is 2. The van der Waals surface area contributed by atoms with Crippen LogP contribution < -0.4 is 20.6 Å². The van der Waals surface area contributed by atoms with Crippen LogP contribution in [0.2, 0.25) is 0 Å². The van der Waals surface area contributed by atoms with Crippen LogP contribution in [0.5, 0.6) is 5.75 Å². The van der Waals surface area contributed by atoms with Crippen LogP contribution in [0.4, 0.5) is 14.6 Å². The van der Waals surface area contributed by atoms with Gasteiger partial charge >= 0.3 is 209 Å². The number of methoxy groups -OCH3 is 1. The number of likely N-dealkylation sites (N-methyl/N-ethyl adjacent to an activating group) is 1. The van der Waals surface area contributed by atoms with Crippen LogP contribution in [0.1, 0.15) is 26.0 Å². The van der Waals surface area contributed by atoms with Gasteiger partial charge in [0.05, 0.1) is 0 Å². The molecule has 2 aromatic rings. The zero-order chi connectivity index (χ0) is 30.7. The van der Waals surface area contributed by atoms with Crippen LogP contribution in [0, 0.1) is 0 Å². The number of nitrogens with zero attached hydrogens (tertiary/aromatic N) is 3. The van der Waals surface area contributed by atoms with E-state index in [-0.39, 0.29) is 17.5 Å². The molecule has 42 heavy (non-hydrogen) atoms. The number of rotatable bonds is 11. The molecule has 1 aromatic heterocycles. The number of hydrogen-bond acceptors (Lipinski definition) is 12. The van der Waals surface area contributed by atoms with Gasteiger partial charge in [-0.2, -0.15) is 0 Å². The monoisotopic (exact) mass is 617 g/mol. The van der Waals surface area contributed by atoms with Gasteiger partial charge in [0.2, 0.25) is 0 Å². The number of para-hydroxylation sites is 1. The normalized spacial score (nSPS) is 25.1. The molecule has 232 valence electrons. The van der Waals surface area contributed by atoms with Crippen LogP contribution in [0.25, 0.3) is 0 Å². The third-order valence-electron chi connectivity index (χ3n) is 6.93. The molecule has 2 aliphatic rings. The number of esters is 1. The van der Waals surface area contributed by atoms with E-state index in [9.17, 15) is 24.4 Å². The maximum atomic E-state index is 15.2. The second kappa shape index (κ2) is 13.0. The Morgan fingerprint density at radius 2 is 2.00 bits per heavy atom. The van der Waals surface area contributed by atoms with Crippen molar-refractivity contribution in [2.75, 3.05) is 32.6 Å². The summed E-state index contributed by atoms with van der Waals surface area (Å²) in [5, 5.41) is 15.4. The molecule has 4 rings (SSSR count). The number of carbonyl (C=O) groups excluding carboxylic acids is 2. The number of benzene rings is 1. The number of nitrogens with one attached hydrogen (secondary N) is 2. The summed E-state index contributed by atoms with van der Waals surface area (Å²) in [5.74, 6) is -5.09. The van der Waals surface area contributed by atoms with Crippen molar-refractivity contribution in [2.45, 2.75) is 56.2 Å². The van der Waals surface area contributed by atoms with Crippen molar-refractivity contribution >= 4 is 25.8 Å². The number of ether oxygens (including phenoxy) is 2. The molecule has 2 aliphatic heterocycles. The van der Waals surface area contributed by atoms with Gasteiger partial charge in [-0.05, 0) is 26.4 Å². The molecular formula is C25H34F2N5O9P. The summed E-state index contributed by atoms with van der Waals surface area (Å²) in [4.78, 5) is 53.8. The molecule has 14 nitrogen and oxygen atoms in total. The van der Waals surface area contributed by atoms with E-state index in [0.29, 0.717) is 11.0 Å². The molecule has 2 fully saturated rings. The average molecular weight is 618 g/mol. The Balaban J connectivity index is 1.47. The first-order valence-electron chi connectivity index (χ1n) is 13.1. The minimum atomic E-state index is -4.54. The van der Waals surface area contributed by atoms with E-state index in [1.54, 1.807) is 25.2 Å². The molecule has 0 spiro atoms. The molecule has 4 N–H and O–H groups in total. The van der Waals surface area contributed by atoms with E-state index in [1.807, 2.05) is 4.90 Å². The molecule has 0 saturated carbocycles. The maximum absolute atomic E-state index is 15.2. The van der Waals surface area contributed by atoms with Crippen LogP contribution >= 0.6 is 8.09 Å². The van der Waals surface area contributed by atoms with Crippen molar-refractivity contribution in [1.82, 2.24) is 19.5 Å². The van der Waals surface area contributed by atoms with Crippen LogP contribution in [0.15, 0.2) is 47.4 Å². The minimum absolute atomic E-state index is 0.122. The molecule has 0 aliphatic carbocycles. The Morgan fingerprint density at radius 3 is 2.62 bits per heavy atom. The van der Waals surface area contributed by atoms with E-state index in [0.717, 1.165) is 26.3 Å². The van der Waals surface area contributed by atoms with Gasteiger partial charge in [-0.25, -0.2) is 0 Å². The number of aliphatic hydroxyl groups is 1. The Kier molecular flexibility index (Phi) is 9.88. The van der Waals surface area contributed by atoms with Gasteiger partial charge in [-0.1, -0.05) is 0 Å². The topological polar surface area (TPSA) is 174 Å².